The molecule has 0 heterocycles. The SMILES string of the molecule is CNc1cc(C(=O)OCCOCCOCCOC)cc(C(=O)OCCOCCOCCOC)c1. The van der Waals surface area contributed by atoms with Crippen molar-refractivity contribution in [3.63, 3.8) is 0 Å². The molecule has 11 heteroatoms. The van der Waals surface area contributed by atoms with E-state index in [2.05, 4.69) is 5.32 Å². The van der Waals surface area contributed by atoms with Crippen molar-refractivity contribution in [3.8, 4) is 0 Å². The molecule has 1 aromatic carbocycles. The minimum absolute atomic E-state index is 0.0764. The van der Waals surface area contributed by atoms with Crippen molar-refractivity contribution in [1.29, 1.82) is 0 Å². The smallest absolute Gasteiger partial charge is 0.338 e. The third-order valence-electron chi connectivity index (χ3n) is 4.22. The number of anilines is 1. The average Bonchev–Trinajstić information content (AvgIpc) is 2.86. The lowest BCUT2D eigenvalue weighted by Crippen LogP contribution is -2.16. The van der Waals surface area contributed by atoms with Crippen LogP contribution >= 0.6 is 0 Å². The zero-order chi connectivity index (χ0) is 24.9. The maximum atomic E-state index is 12.4. The van der Waals surface area contributed by atoms with Gasteiger partial charge in [-0.1, -0.05) is 0 Å². The van der Waals surface area contributed by atoms with E-state index in [1.54, 1.807) is 33.4 Å². The van der Waals surface area contributed by atoms with Crippen LogP contribution in [-0.2, 0) is 37.9 Å². The lowest BCUT2D eigenvalue weighted by Gasteiger charge is -2.11. The highest BCUT2D eigenvalue weighted by atomic mass is 16.6. The van der Waals surface area contributed by atoms with Gasteiger partial charge in [0.25, 0.3) is 0 Å². The molecule has 0 aliphatic carbocycles. The molecular weight excluding hydrogens is 450 g/mol. The number of rotatable bonds is 21. The molecule has 0 aliphatic rings. The van der Waals surface area contributed by atoms with E-state index in [-0.39, 0.29) is 37.6 Å². The van der Waals surface area contributed by atoms with Crippen molar-refractivity contribution in [2.75, 3.05) is 106 Å². The fraction of sp³-hybridized carbons (Fsp3) is 0.652. The van der Waals surface area contributed by atoms with Crippen LogP contribution in [0.1, 0.15) is 20.7 Å². The van der Waals surface area contributed by atoms with Crippen molar-refractivity contribution in [3.05, 3.63) is 29.3 Å². The van der Waals surface area contributed by atoms with Crippen molar-refractivity contribution in [2.45, 2.75) is 0 Å². The number of hydrogen-bond acceptors (Lipinski definition) is 11. The summed E-state index contributed by atoms with van der Waals surface area (Å²) < 4.78 is 41.4. The van der Waals surface area contributed by atoms with Gasteiger partial charge in [0.1, 0.15) is 13.2 Å². The van der Waals surface area contributed by atoms with Crippen LogP contribution in [0.2, 0.25) is 0 Å². The van der Waals surface area contributed by atoms with Gasteiger partial charge in [-0.15, -0.1) is 0 Å². The second-order valence-electron chi connectivity index (χ2n) is 6.76. The number of methoxy groups -OCH3 is 2. The molecule has 0 saturated heterocycles. The van der Waals surface area contributed by atoms with Crippen LogP contribution in [0.15, 0.2) is 18.2 Å². The van der Waals surface area contributed by atoms with E-state index in [1.807, 2.05) is 0 Å². The summed E-state index contributed by atoms with van der Waals surface area (Å²) in [6.07, 6.45) is 0. The van der Waals surface area contributed by atoms with Crippen molar-refractivity contribution in [2.24, 2.45) is 0 Å². The van der Waals surface area contributed by atoms with Gasteiger partial charge in [0.2, 0.25) is 0 Å². The Morgan fingerprint density at radius 3 is 1.29 bits per heavy atom. The predicted octanol–water partition coefficient (Wildman–Crippen LogP) is 1.40. The van der Waals surface area contributed by atoms with Gasteiger partial charge in [-0.05, 0) is 18.2 Å². The Bertz CT molecular complexity index is 633. The van der Waals surface area contributed by atoms with E-state index < -0.39 is 11.9 Å². The number of carbonyl (C=O) groups excluding carboxylic acids is 2. The van der Waals surface area contributed by atoms with Gasteiger partial charge in [-0.25, -0.2) is 9.59 Å². The standard InChI is InChI=1S/C23H37NO10/c1-24-21-17-19(22(25)33-14-12-31-10-8-29-6-4-27-2)16-20(18-21)23(26)34-15-13-32-11-9-30-7-5-28-3/h16-18,24H,4-15H2,1-3H3. The molecule has 34 heavy (non-hydrogen) atoms. The molecule has 1 N–H and O–H groups in total. The summed E-state index contributed by atoms with van der Waals surface area (Å²) in [5.41, 5.74) is 1.03. The summed E-state index contributed by atoms with van der Waals surface area (Å²) in [6, 6.07) is 4.62. The molecule has 0 amide bonds. The fourth-order valence-electron chi connectivity index (χ4n) is 2.49. The van der Waals surface area contributed by atoms with Crippen molar-refractivity contribution >= 4 is 17.6 Å². The Morgan fingerprint density at radius 1 is 0.588 bits per heavy atom. The van der Waals surface area contributed by atoms with Crippen LogP contribution in [0.25, 0.3) is 0 Å². The molecule has 0 saturated carbocycles. The largest absolute Gasteiger partial charge is 0.460 e. The molecule has 0 unspecified atom stereocenters. The summed E-state index contributed by atoms with van der Waals surface area (Å²) in [4.78, 5) is 24.8. The number of ether oxygens (including phenoxy) is 8. The van der Waals surface area contributed by atoms with E-state index >= 15 is 0 Å². The first kappa shape index (κ1) is 29.8. The fourth-order valence-corrected chi connectivity index (χ4v) is 2.49. The molecule has 0 bridgehead atoms. The molecule has 0 aliphatic heterocycles. The monoisotopic (exact) mass is 487 g/mol. The van der Waals surface area contributed by atoms with Crippen LogP contribution in [0.5, 0.6) is 0 Å². The van der Waals surface area contributed by atoms with E-state index in [4.69, 9.17) is 37.9 Å². The molecule has 1 aromatic rings. The Morgan fingerprint density at radius 2 is 0.941 bits per heavy atom. The Balaban J connectivity index is 2.34. The molecule has 11 nitrogen and oxygen atoms in total. The normalized spacial score (nSPS) is 10.8. The predicted molar refractivity (Wildman–Crippen MR) is 124 cm³/mol. The van der Waals surface area contributed by atoms with Gasteiger partial charge in [0.05, 0.1) is 77.2 Å². The van der Waals surface area contributed by atoms with Gasteiger partial charge in [-0.3, -0.25) is 0 Å². The number of esters is 2. The highest BCUT2D eigenvalue weighted by Gasteiger charge is 2.15. The average molecular weight is 488 g/mol. The van der Waals surface area contributed by atoms with E-state index in [9.17, 15) is 9.59 Å². The first-order chi connectivity index (χ1) is 16.6. The number of hydrogen-bond donors (Lipinski definition) is 1. The second kappa shape index (κ2) is 20.1. The third-order valence-corrected chi connectivity index (χ3v) is 4.22. The van der Waals surface area contributed by atoms with Crippen LogP contribution in [0.3, 0.4) is 0 Å². The highest BCUT2D eigenvalue weighted by Crippen LogP contribution is 2.16. The van der Waals surface area contributed by atoms with Crippen LogP contribution in [-0.4, -0.2) is 112 Å². The summed E-state index contributed by atoms with van der Waals surface area (Å²) in [6.45, 7) is 4.30. The molecule has 0 atom stereocenters. The molecular formula is C23H37NO10. The molecule has 0 radical (unpaired) electrons. The number of carbonyl (C=O) groups is 2. The Labute approximate surface area is 200 Å². The second-order valence-corrected chi connectivity index (χ2v) is 6.76. The maximum absolute atomic E-state index is 12.4. The number of benzene rings is 1. The van der Waals surface area contributed by atoms with Gasteiger partial charge < -0.3 is 43.2 Å². The Hall–Kier alpha value is -2.28. The molecule has 194 valence electrons. The van der Waals surface area contributed by atoms with Gasteiger partial charge in [-0.2, -0.15) is 0 Å². The summed E-state index contributed by atoms with van der Waals surface area (Å²) >= 11 is 0. The van der Waals surface area contributed by atoms with Crippen molar-refractivity contribution in [1.82, 2.24) is 0 Å². The summed E-state index contributed by atoms with van der Waals surface area (Å²) in [5.74, 6) is -1.13. The topological polar surface area (TPSA) is 120 Å². The highest BCUT2D eigenvalue weighted by molar-refractivity contribution is 5.97. The minimum Gasteiger partial charge on any atom is -0.460 e. The van der Waals surface area contributed by atoms with E-state index in [0.29, 0.717) is 58.5 Å². The summed E-state index contributed by atoms with van der Waals surface area (Å²) in [7, 11) is 4.89. The zero-order valence-electron chi connectivity index (χ0n) is 20.3. The van der Waals surface area contributed by atoms with E-state index in [1.165, 1.54) is 6.07 Å². The van der Waals surface area contributed by atoms with Gasteiger partial charge in [0, 0.05) is 27.0 Å². The maximum Gasteiger partial charge on any atom is 0.338 e. The minimum atomic E-state index is -0.567. The van der Waals surface area contributed by atoms with Gasteiger partial charge in [0.15, 0.2) is 0 Å². The quantitative estimate of drug-likeness (QED) is 0.200. The molecule has 0 spiro atoms. The lowest BCUT2D eigenvalue weighted by atomic mass is 10.1. The first-order valence-corrected chi connectivity index (χ1v) is 11.1. The van der Waals surface area contributed by atoms with E-state index in [0.717, 1.165) is 0 Å². The van der Waals surface area contributed by atoms with Crippen LogP contribution < -0.4 is 5.32 Å². The van der Waals surface area contributed by atoms with Crippen LogP contribution in [0.4, 0.5) is 5.69 Å². The lowest BCUT2D eigenvalue weighted by molar-refractivity contribution is 0.00554. The molecule has 0 fully saturated rings. The first-order valence-electron chi connectivity index (χ1n) is 11.1. The molecule has 0 aromatic heterocycles. The molecule has 1 rings (SSSR count). The third kappa shape index (κ3) is 14.1. The van der Waals surface area contributed by atoms with Crippen molar-refractivity contribution < 1.29 is 47.5 Å². The summed E-state index contributed by atoms with van der Waals surface area (Å²) in [5, 5.41) is 2.92. The zero-order valence-corrected chi connectivity index (χ0v) is 20.3. The van der Waals surface area contributed by atoms with Crippen LogP contribution in [0, 0.1) is 0 Å². The van der Waals surface area contributed by atoms with Gasteiger partial charge >= 0.3 is 11.9 Å². The Kier molecular flexibility index (Phi) is 17.6. The number of nitrogens with one attached hydrogen (secondary N) is 1.